The highest BCUT2D eigenvalue weighted by Crippen LogP contribution is 2.37. The Morgan fingerprint density at radius 2 is 1.70 bits per heavy atom. The zero-order chi connectivity index (χ0) is 14.9. The molecule has 0 fully saturated rings. The normalized spacial score (nSPS) is 11.4. The Labute approximate surface area is 130 Å². The lowest BCUT2D eigenvalue weighted by Gasteiger charge is -2.14. The van der Waals surface area contributed by atoms with E-state index in [2.05, 4.69) is 37.2 Å². The number of halogens is 5. The van der Waals surface area contributed by atoms with Crippen molar-refractivity contribution < 1.29 is 13.2 Å². The van der Waals surface area contributed by atoms with Gasteiger partial charge >= 0.3 is 6.18 Å². The van der Waals surface area contributed by atoms with Crippen LogP contribution < -0.4 is 11.1 Å². The molecule has 0 amide bonds. The number of hydrogen-bond acceptors (Lipinski definition) is 2. The summed E-state index contributed by atoms with van der Waals surface area (Å²) in [4.78, 5) is 0. The Morgan fingerprint density at radius 1 is 1.00 bits per heavy atom. The maximum Gasteiger partial charge on any atom is 0.417 e. The molecular formula is C13H9Br2F3N2. The van der Waals surface area contributed by atoms with Gasteiger partial charge in [-0.15, -0.1) is 0 Å². The van der Waals surface area contributed by atoms with Crippen LogP contribution in [0.25, 0.3) is 0 Å². The van der Waals surface area contributed by atoms with E-state index in [4.69, 9.17) is 5.73 Å². The molecule has 20 heavy (non-hydrogen) atoms. The molecule has 2 rings (SSSR count). The van der Waals surface area contributed by atoms with Crippen LogP contribution in [0.1, 0.15) is 5.56 Å². The van der Waals surface area contributed by atoms with Crippen LogP contribution in [0.2, 0.25) is 0 Å². The van der Waals surface area contributed by atoms with E-state index in [0.29, 0.717) is 17.1 Å². The molecule has 106 valence electrons. The summed E-state index contributed by atoms with van der Waals surface area (Å²) in [6, 6.07) is 9.03. The SMILES string of the molecule is Nc1ccc(Br)cc1Nc1ccc(Br)c(C(F)(F)F)c1. The van der Waals surface area contributed by atoms with Gasteiger partial charge in [0, 0.05) is 14.6 Å². The van der Waals surface area contributed by atoms with E-state index < -0.39 is 11.7 Å². The van der Waals surface area contributed by atoms with Crippen LogP contribution in [-0.4, -0.2) is 0 Å². The fourth-order valence-corrected chi connectivity index (χ4v) is 2.45. The number of nitrogens with one attached hydrogen (secondary N) is 1. The molecule has 0 aliphatic carbocycles. The third-order valence-corrected chi connectivity index (χ3v) is 3.75. The molecular weight excluding hydrogens is 401 g/mol. The van der Waals surface area contributed by atoms with Gasteiger partial charge < -0.3 is 11.1 Å². The van der Waals surface area contributed by atoms with Gasteiger partial charge in [0.05, 0.1) is 16.9 Å². The Balaban J connectivity index is 2.37. The highest BCUT2D eigenvalue weighted by molar-refractivity contribution is 9.10. The second kappa shape index (κ2) is 5.65. The topological polar surface area (TPSA) is 38.0 Å². The van der Waals surface area contributed by atoms with Crippen molar-refractivity contribution in [1.82, 2.24) is 0 Å². The van der Waals surface area contributed by atoms with Gasteiger partial charge in [-0.3, -0.25) is 0 Å². The average Bonchev–Trinajstić information content (AvgIpc) is 2.35. The van der Waals surface area contributed by atoms with Gasteiger partial charge in [0.15, 0.2) is 0 Å². The number of hydrogen-bond donors (Lipinski definition) is 2. The minimum Gasteiger partial charge on any atom is -0.397 e. The van der Waals surface area contributed by atoms with Crippen molar-refractivity contribution in [3.05, 3.63) is 50.9 Å². The monoisotopic (exact) mass is 408 g/mol. The van der Waals surface area contributed by atoms with Crippen molar-refractivity contribution in [3.8, 4) is 0 Å². The molecule has 0 saturated carbocycles. The van der Waals surface area contributed by atoms with Crippen LogP contribution in [0.4, 0.5) is 30.2 Å². The highest BCUT2D eigenvalue weighted by atomic mass is 79.9. The zero-order valence-corrected chi connectivity index (χ0v) is 13.1. The molecule has 0 aliphatic rings. The third-order valence-electron chi connectivity index (χ3n) is 2.57. The summed E-state index contributed by atoms with van der Waals surface area (Å²) in [6.45, 7) is 0. The maximum atomic E-state index is 12.8. The number of nitrogens with two attached hydrogens (primary N) is 1. The lowest BCUT2D eigenvalue weighted by atomic mass is 10.2. The summed E-state index contributed by atoms with van der Waals surface area (Å²) < 4.78 is 39.2. The molecule has 0 unspecified atom stereocenters. The Kier molecular flexibility index (Phi) is 4.29. The van der Waals surface area contributed by atoms with Crippen LogP contribution >= 0.6 is 31.9 Å². The molecule has 0 aromatic heterocycles. The Bertz CT molecular complexity index is 642. The average molecular weight is 410 g/mol. The first kappa shape index (κ1) is 15.2. The van der Waals surface area contributed by atoms with Crippen LogP contribution in [0.5, 0.6) is 0 Å². The maximum absolute atomic E-state index is 12.8. The summed E-state index contributed by atoms with van der Waals surface area (Å²) >= 11 is 6.18. The first-order chi connectivity index (χ1) is 9.27. The number of benzene rings is 2. The summed E-state index contributed by atoms with van der Waals surface area (Å²) in [7, 11) is 0. The fraction of sp³-hybridized carbons (Fsp3) is 0.0769. The van der Waals surface area contributed by atoms with Gasteiger partial charge in [-0.05, 0) is 36.4 Å². The lowest BCUT2D eigenvalue weighted by Crippen LogP contribution is -2.07. The first-order valence-electron chi connectivity index (χ1n) is 5.46. The lowest BCUT2D eigenvalue weighted by molar-refractivity contribution is -0.138. The van der Waals surface area contributed by atoms with Crippen molar-refractivity contribution in [2.75, 3.05) is 11.1 Å². The summed E-state index contributed by atoms with van der Waals surface area (Å²) in [6.07, 6.45) is -4.42. The molecule has 2 aromatic rings. The van der Waals surface area contributed by atoms with Crippen LogP contribution in [-0.2, 0) is 6.18 Å². The number of anilines is 3. The van der Waals surface area contributed by atoms with Gasteiger partial charge in [-0.1, -0.05) is 31.9 Å². The number of alkyl halides is 3. The van der Waals surface area contributed by atoms with Crippen LogP contribution in [0.15, 0.2) is 45.3 Å². The first-order valence-corrected chi connectivity index (χ1v) is 7.05. The summed E-state index contributed by atoms with van der Waals surface area (Å²) in [5.74, 6) is 0. The molecule has 0 bridgehead atoms. The Morgan fingerprint density at radius 3 is 2.35 bits per heavy atom. The number of nitrogen functional groups attached to an aromatic ring is 1. The minimum atomic E-state index is -4.42. The van der Waals surface area contributed by atoms with Gasteiger partial charge in [-0.25, -0.2) is 0 Å². The van der Waals surface area contributed by atoms with E-state index in [0.717, 1.165) is 10.5 Å². The molecule has 0 aliphatic heterocycles. The molecule has 0 radical (unpaired) electrons. The van der Waals surface area contributed by atoms with E-state index >= 15 is 0 Å². The molecule has 0 atom stereocenters. The van der Waals surface area contributed by atoms with Crippen LogP contribution in [0, 0.1) is 0 Å². The summed E-state index contributed by atoms with van der Waals surface area (Å²) in [5.41, 5.74) is 6.33. The van der Waals surface area contributed by atoms with E-state index in [-0.39, 0.29) is 4.47 Å². The van der Waals surface area contributed by atoms with E-state index in [9.17, 15) is 13.2 Å². The fourth-order valence-electron chi connectivity index (χ4n) is 1.61. The molecule has 2 aromatic carbocycles. The minimum absolute atomic E-state index is 0.00207. The predicted molar refractivity (Wildman–Crippen MR) is 81.0 cm³/mol. The van der Waals surface area contributed by atoms with Gasteiger partial charge in [0.2, 0.25) is 0 Å². The Hall–Kier alpha value is -1.21. The van der Waals surface area contributed by atoms with Crippen molar-refractivity contribution in [2.45, 2.75) is 6.18 Å². The molecule has 2 nitrogen and oxygen atoms in total. The molecule has 0 saturated heterocycles. The third kappa shape index (κ3) is 3.46. The van der Waals surface area contributed by atoms with E-state index in [1.54, 1.807) is 24.3 Å². The zero-order valence-electron chi connectivity index (χ0n) is 9.93. The molecule has 7 heteroatoms. The highest BCUT2D eigenvalue weighted by Gasteiger charge is 2.33. The second-order valence-corrected chi connectivity index (χ2v) is 5.82. The standard InChI is InChI=1S/C13H9Br2F3N2/c14-7-1-4-11(19)12(5-7)20-8-2-3-10(15)9(6-8)13(16,17)18/h1-6,20H,19H2. The summed E-state index contributed by atoms with van der Waals surface area (Å²) in [5, 5.41) is 2.88. The smallest absolute Gasteiger partial charge is 0.397 e. The quantitative estimate of drug-likeness (QED) is 0.637. The van der Waals surface area contributed by atoms with E-state index in [1.807, 2.05) is 0 Å². The van der Waals surface area contributed by atoms with Crippen molar-refractivity contribution in [3.63, 3.8) is 0 Å². The van der Waals surface area contributed by atoms with Gasteiger partial charge in [-0.2, -0.15) is 13.2 Å². The number of rotatable bonds is 2. The molecule has 0 heterocycles. The van der Waals surface area contributed by atoms with Crippen molar-refractivity contribution >= 4 is 48.9 Å². The molecule has 3 N–H and O–H groups in total. The second-order valence-electron chi connectivity index (χ2n) is 4.05. The predicted octanol–water partition coefficient (Wildman–Crippen LogP) is 5.56. The van der Waals surface area contributed by atoms with Crippen molar-refractivity contribution in [2.24, 2.45) is 0 Å². The molecule has 0 spiro atoms. The van der Waals surface area contributed by atoms with Crippen molar-refractivity contribution in [1.29, 1.82) is 0 Å². The van der Waals surface area contributed by atoms with Crippen LogP contribution in [0.3, 0.4) is 0 Å². The van der Waals surface area contributed by atoms with Gasteiger partial charge in [0.25, 0.3) is 0 Å². The largest absolute Gasteiger partial charge is 0.417 e. The van der Waals surface area contributed by atoms with Gasteiger partial charge in [0.1, 0.15) is 0 Å². The van der Waals surface area contributed by atoms with E-state index in [1.165, 1.54) is 6.07 Å².